The van der Waals surface area contributed by atoms with E-state index < -0.39 is 39.2 Å². The summed E-state index contributed by atoms with van der Waals surface area (Å²) in [6, 6.07) is 7.05. The number of halogens is 4. The second-order valence-electron chi connectivity index (χ2n) is 7.87. The molecular formula is C23H24F4N4O4S2. The minimum atomic E-state index is -3.79. The van der Waals surface area contributed by atoms with E-state index in [9.17, 15) is 30.8 Å². The number of aryl methyl sites for hydroxylation is 1. The molecule has 2 aromatic carbocycles. The monoisotopic (exact) mass is 560 g/mol. The number of carbonyl (C=O) groups excluding carboxylic acids is 1. The Hall–Kier alpha value is -2.91. The van der Waals surface area contributed by atoms with E-state index in [1.807, 2.05) is 0 Å². The van der Waals surface area contributed by atoms with Crippen LogP contribution >= 0.6 is 11.9 Å². The van der Waals surface area contributed by atoms with Crippen molar-refractivity contribution in [2.24, 2.45) is 7.05 Å². The van der Waals surface area contributed by atoms with Crippen LogP contribution in [-0.2, 0) is 17.1 Å². The molecule has 1 aliphatic heterocycles. The highest BCUT2D eigenvalue weighted by atomic mass is 32.2. The van der Waals surface area contributed by atoms with Crippen molar-refractivity contribution < 1.29 is 35.9 Å². The summed E-state index contributed by atoms with van der Waals surface area (Å²) in [5, 5.41) is 9.33. The molecule has 8 nitrogen and oxygen atoms in total. The SMILES string of the molecule is CO.Cn1cc(SNC2CCN(S(=O)(=O)c3ccc(F)cc3)C2)c(F)c1C(=O)Nc1ccc(F)c(F)c1. The van der Waals surface area contributed by atoms with Crippen LogP contribution in [0.3, 0.4) is 0 Å². The molecule has 4 rings (SSSR count). The van der Waals surface area contributed by atoms with E-state index in [-0.39, 0.29) is 40.3 Å². The third kappa shape index (κ3) is 6.51. The fourth-order valence-electron chi connectivity index (χ4n) is 3.61. The van der Waals surface area contributed by atoms with Crippen molar-refractivity contribution in [2.45, 2.75) is 22.3 Å². The van der Waals surface area contributed by atoms with Gasteiger partial charge in [0.2, 0.25) is 10.0 Å². The molecule has 0 bridgehead atoms. The van der Waals surface area contributed by atoms with Gasteiger partial charge in [-0.3, -0.25) is 9.52 Å². The summed E-state index contributed by atoms with van der Waals surface area (Å²) in [7, 11) is -1.33. The third-order valence-corrected chi connectivity index (χ3v) is 8.25. The van der Waals surface area contributed by atoms with Gasteiger partial charge in [-0.05, 0) is 54.8 Å². The van der Waals surface area contributed by atoms with Crippen molar-refractivity contribution in [3.63, 3.8) is 0 Å². The number of carbonyl (C=O) groups is 1. The first-order valence-electron chi connectivity index (χ1n) is 10.8. The van der Waals surface area contributed by atoms with Gasteiger partial charge in [-0.1, -0.05) is 0 Å². The number of anilines is 1. The Balaban J connectivity index is 0.00000186. The minimum Gasteiger partial charge on any atom is -0.400 e. The molecule has 1 saturated heterocycles. The van der Waals surface area contributed by atoms with Crippen LogP contribution in [0.15, 0.2) is 58.5 Å². The van der Waals surface area contributed by atoms with E-state index >= 15 is 0 Å². The van der Waals surface area contributed by atoms with Crippen molar-refractivity contribution in [1.29, 1.82) is 0 Å². The molecule has 0 spiro atoms. The third-order valence-electron chi connectivity index (χ3n) is 5.42. The number of benzene rings is 2. The maximum absolute atomic E-state index is 15.0. The summed E-state index contributed by atoms with van der Waals surface area (Å²) in [5.74, 6) is -4.43. The average molecular weight is 561 g/mol. The summed E-state index contributed by atoms with van der Waals surface area (Å²) in [5.41, 5.74) is -0.346. The number of hydrogen-bond acceptors (Lipinski definition) is 6. The van der Waals surface area contributed by atoms with Crippen LogP contribution in [0.4, 0.5) is 23.2 Å². The Bertz CT molecular complexity index is 1370. The lowest BCUT2D eigenvalue weighted by Gasteiger charge is -2.17. The Labute approximate surface area is 215 Å². The lowest BCUT2D eigenvalue weighted by atomic mass is 10.3. The number of nitrogens with one attached hydrogen (secondary N) is 2. The maximum atomic E-state index is 15.0. The zero-order valence-corrected chi connectivity index (χ0v) is 21.3. The molecule has 37 heavy (non-hydrogen) atoms. The van der Waals surface area contributed by atoms with Crippen molar-refractivity contribution >= 4 is 33.6 Å². The van der Waals surface area contributed by atoms with E-state index in [4.69, 9.17) is 5.11 Å². The maximum Gasteiger partial charge on any atom is 0.275 e. The summed E-state index contributed by atoms with van der Waals surface area (Å²) in [6.45, 7) is 0.363. The second-order valence-corrected chi connectivity index (χ2v) is 10.7. The van der Waals surface area contributed by atoms with Gasteiger partial charge in [0.1, 0.15) is 11.5 Å². The van der Waals surface area contributed by atoms with E-state index in [0.717, 1.165) is 49.4 Å². The van der Waals surface area contributed by atoms with E-state index in [1.165, 1.54) is 34.2 Å². The van der Waals surface area contributed by atoms with E-state index in [1.54, 1.807) is 0 Å². The zero-order valence-electron chi connectivity index (χ0n) is 19.7. The lowest BCUT2D eigenvalue weighted by Crippen LogP contribution is -2.32. The molecule has 1 aromatic heterocycles. The van der Waals surface area contributed by atoms with Gasteiger partial charge in [0.25, 0.3) is 5.91 Å². The number of rotatable bonds is 7. The van der Waals surface area contributed by atoms with Gasteiger partial charge in [-0.2, -0.15) is 4.31 Å². The molecule has 3 aromatic rings. The molecule has 0 saturated carbocycles. The van der Waals surface area contributed by atoms with Crippen molar-refractivity contribution in [1.82, 2.24) is 13.6 Å². The molecule has 200 valence electrons. The van der Waals surface area contributed by atoms with E-state index in [2.05, 4.69) is 10.0 Å². The molecule has 1 amide bonds. The highest BCUT2D eigenvalue weighted by Crippen LogP contribution is 2.28. The van der Waals surface area contributed by atoms with Crippen LogP contribution in [-0.4, -0.2) is 54.5 Å². The number of amides is 1. The van der Waals surface area contributed by atoms with Crippen LogP contribution in [0, 0.1) is 23.3 Å². The molecular weight excluding hydrogens is 536 g/mol. The smallest absolute Gasteiger partial charge is 0.275 e. The number of aliphatic hydroxyl groups is 1. The largest absolute Gasteiger partial charge is 0.400 e. The van der Waals surface area contributed by atoms with Crippen LogP contribution in [0.2, 0.25) is 0 Å². The van der Waals surface area contributed by atoms with Gasteiger partial charge in [0, 0.05) is 51.2 Å². The molecule has 1 aliphatic rings. The molecule has 3 N–H and O–H groups in total. The number of nitrogens with zero attached hydrogens (tertiary/aromatic N) is 2. The zero-order chi connectivity index (χ0) is 27.3. The molecule has 1 atom stereocenters. The first-order valence-corrected chi connectivity index (χ1v) is 13.1. The Morgan fingerprint density at radius 1 is 1.05 bits per heavy atom. The standard InChI is InChI=1S/C22H20F4N4O3S2.CH4O/c1-29-12-19(20(26)21(29)22(31)27-14-4-7-17(24)18(25)10-14)34-28-15-8-9-30(11-15)35(32,33)16-5-2-13(23)3-6-16;1-2/h2-7,10,12,15,28H,8-9,11H2,1H3,(H,27,31);2H,1H3. The average Bonchev–Trinajstić information content (AvgIpc) is 3.46. The quantitative estimate of drug-likeness (QED) is 0.302. The van der Waals surface area contributed by atoms with Crippen LogP contribution in [0.5, 0.6) is 0 Å². The number of aromatic nitrogens is 1. The lowest BCUT2D eigenvalue weighted by molar-refractivity contribution is 0.101. The van der Waals surface area contributed by atoms with Gasteiger partial charge >= 0.3 is 0 Å². The summed E-state index contributed by atoms with van der Waals surface area (Å²) in [6.07, 6.45) is 1.85. The Kier molecular flexibility index (Phi) is 9.36. The fourth-order valence-corrected chi connectivity index (χ4v) is 5.99. The number of sulfonamides is 1. The first-order chi connectivity index (χ1) is 17.6. The molecule has 0 radical (unpaired) electrons. The fraction of sp³-hybridized carbons (Fsp3) is 0.261. The molecule has 1 unspecified atom stereocenters. The highest BCUT2D eigenvalue weighted by molar-refractivity contribution is 7.97. The Morgan fingerprint density at radius 3 is 2.38 bits per heavy atom. The van der Waals surface area contributed by atoms with Crippen LogP contribution < -0.4 is 10.0 Å². The predicted octanol–water partition coefficient (Wildman–Crippen LogP) is 3.50. The van der Waals surface area contributed by atoms with Crippen molar-refractivity contribution in [3.8, 4) is 0 Å². The summed E-state index contributed by atoms with van der Waals surface area (Å²) in [4.78, 5) is 12.6. The topological polar surface area (TPSA) is 104 Å². The summed E-state index contributed by atoms with van der Waals surface area (Å²) >= 11 is 0.911. The molecule has 2 heterocycles. The highest BCUT2D eigenvalue weighted by Gasteiger charge is 2.33. The van der Waals surface area contributed by atoms with Crippen LogP contribution in [0.25, 0.3) is 0 Å². The molecule has 14 heteroatoms. The molecule has 0 aliphatic carbocycles. The normalized spacial score (nSPS) is 15.8. The van der Waals surface area contributed by atoms with Gasteiger partial charge in [-0.15, -0.1) is 0 Å². The van der Waals surface area contributed by atoms with Gasteiger partial charge in [-0.25, -0.2) is 26.0 Å². The number of aliphatic hydroxyl groups excluding tert-OH is 1. The van der Waals surface area contributed by atoms with Crippen molar-refractivity contribution in [3.05, 3.63) is 77.6 Å². The minimum absolute atomic E-state index is 0.0157. The van der Waals surface area contributed by atoms with Crippen LogP contribution in [0.1, 0.15) is 16.9 Å². The Morgan fingerprint density at radius 2 is 1.73 bits per heavy atom. The first kappa shape index (κ1) is 28.7. The van der Waals surface area contributed by atoms with E-state index in [0.29, 0.717) is 6.42 Å². The predicted molar refractivity (Wildman–Crippen MR) is 130 cm³/mol. The number of hydrogen-bond donors (Lipinski definition) is 3. The van der Waals surface area contributed by atoms with Gasteiger partial charge in [0.05, 0.1) is 9.79 Å². The summed E-state index contributed by atoms with van der Waals surface area (Å²) < 4.78 is 85.6. The second kappa shape index (κ2) is 12.1. The molecule has 1 fully saturated rings. The van der Waals surface area contributed by atoms with Gasteiger partial charge in [0.15, 0.2) is 17.5 Å². The van der Waals surface area contributed by atoms with Gasteiger partial charge < -0.3 is 15.0 Å². The van der Waals surface area contributed by atoms with Crippen molar-refractivity contribution in [2.75, 3.05) is 25.5 Å².